The molecule has 2 heterocycles. The number of nitrogen functional groups attached to an aromatic ring is 1. The lowest BCUT2D eigenvalue weighted by atomic mass is 10.1. The van der Waals surface area contributed by atoms with E-state index in [4.69, 9.17) is 5.73 Å². The molecule has 4 heteroatoms. The van der Waals surface area contributed by atoms with E-state index in [-0.39, 0.29) is 0 Å². The predicted molar refractivity (Wildman–Crippen MR) is 71.0 cm³/mol. The Kier molecular flexibility index (Phi) is 2.70. The molecule has 0 aromatic carbocycles. The van der Waals surface area contributed by atoms with Crippen LogP contribution in [0, 0.1) is 0 Å². The predicted octanol–water partition coefficient (Wildman–Crippen LogP) is 2.56. The largest absolute Gasteiger partial charge is 0.384 e. The van der Waals surface area contributed by atoms with Gasteiger partial charge in [-0.25, -0.2) is 9.97 Å². The van der Waals surface area contributed by atoms with E-state index in [1.165, 1.54) is 12.8 Å². The molecule has 0 bridgehead atoms. The molecule has 4 nitrogen and oxygen atoms in total. The van der Waals surface area contributed by atoms with Gasteiger partial charge in [0.25, 0.3) is 0 Å². The van der Waals surface area contributed by atoms with Gasteiger partial charge in [0.1, 0.15) is 11.5 Å². The number of nitrogens with zero attached hydrogens (tertiary/aromatic N) is 3. The Hall–Kier alpha value is -1.97. The molecule has 2 aromatic rings. The first-order valence-corrected chi connectivity index (χ1v) is 6.36. The SMILES string of the molecule is CCc1cccnc1-c1nc(N)cc(C2CC2)n1. The zero-order valence-electron chi connectivity index (χ0n) is 10.4. The molecule has 92 valence electrons. The van der Waals surface area contributed by atoms with Crippen molar-refractivity contribution in [3.8, 4) is 11.5 Å². The zero-order valence-corrected chi connectivity index (χ0v) is 10.4. The summed E-state index contributed by atoms with van der Waals surface area (Å²) in [6, 6.07) is 5.89. The molecular weight excluding hydrogens is 224 g/mol. The lowest BCUT2D eigenvalue weighted by Crippen LogP contribution is -2.02. The molecule has 0 atom stereocenters. The Morgan fingerprint density at radius 2 is 2.17 bits per heavy atom. The summed E-state index contributed by atoms with van der Waals surface area (Å²) in [4.78, 5) is 13.3. The summed E-state index contributed by atoms with van der Waals surface area (Å²) in [5.74, 6) is 1.77. The van der Waals surface area contributed by atoms with E-state index in [1.54, 1.807) is 6.20 Å². The van der Waals surface area contributed by atoms with Crippen LogP contribution < -0.4 is 5.73 Å². The fraction of sp³-hybridized carbons (Fsp3) is 0.357. The minimum absolute atomic E-state index is 0.537. The van der Waals surface area contributed by atoms with E-state index in [1.807, 2.05) is 12.1 Å². The fourth-order valence-corrected chi connectivity index (χ4v) is 2.11. The van der Waals surface area contributed by atoms with Crippen molar-refractivity contribution < 1.29 is 0 Å². The third-order valence-corrected chi connectivity index (χ3v) is 3.25. The van der Waals surface area contributed by atoms with Gasteiger partial charge in [-0.3, -0.25) is 4.98 Å². The second kappa shape index (κ2) is 4.37. The molecule has 2 N–H and O–H groups in total. The number of rotatable bonds is 3. The van der Waals surface area contributed by atoms with Crippen molar-refractivity contribution in [2.75, 3.05) is 5.73 Å². The smallest absolute Gasteiger partial charge is 0.180 e. The molecule has 0 radical (unpaired) electrons. The van der Waals surface area contributed by atoms with Crippen molar-refractivity contribution in [1.82, 2.24) is 15.0 Å². The number of nitrogens with two attached hydrogens (primary N) is 1. The lowest BCUT2D eigenvalue weighted by molar-refractivity contribution is 0.982. The normalized spacial score (nSPS) is 14.7. The molecule has 18 heavy (non-hydrogen) atoms. The molecule has 0 spiro atoms. The van der Waals surface area contributed by atoms with Crippen LogP contribution in [0.25, 0.3) is 11.5 Å². The Morgan fingerprint density at radius 1 is 1.33 bits per heavy atom. The van der Waals surface area contributed by atoms with Gasteiger partial charge in [0, 0.05) is 23.9 Å². The lowest BCUT2D eigenvalue weighted by Gasteiger charge is -2.07. The molecule has 1 aliphatic rings. The Balaban J connectivity index is 2.10. The van der Waals surface area contributed by atoms with Gasteiger partial charge in [0.05, 0.1) is 0 Å². The highest BCUT2D eigenvalue weighted by Gasteiger charge is 2.26. The summed E-state index contributed by atoms with van der Waals surface area (Å²) in [5, 5.41) is 0. The number of pyridine rings is 1. The summed E-state index contributed by atoms with van der Waals surface area (Å²) in [6.45, 7) is 2.11. The van der Waals surface area contributed by atoms with Gasteiger partial charge in [-0.05, 0) is 30.9 Å². The standard InChI is InChI=1S/C14H16N4/c1-2-9-4-3-7-16-13(9)14-17-11(10-5-6-10)8-12(15)18-14/h3-4,7-8,10H,2,5-6H2,1H3,(H2,15,17,18). The van der Waals surface area contributed by atoms with Gasteiger partial charge in [-0.1, -0.05) is 13.0 Å². The van der Waals surface area contributed by atoms with Crippen LogP contribution in [0.3, 0.4) is 0 Å². The third-order valence-electron chi connectivity index (χ3n) is 3.25. The molecule has 0 unspecified atom stereocenters. The van der Waals surface area contributed by atoms with E-state index >= 15 is 0 Å². The van der Waals surface area contributed by atoms with E-state index in [0.717, 1.165) is 23.4 Å². The van der Waals surface area contributed by atoms with Crippen LogP contribution in [-0.4, -0.2) is 15.0 Å². The van der Waals surface area contributed by atoms with Crippen molar-refractivity contribution in [2.45, 2.75) is 32.1 Å². The summed E-state index contributed by atoms with van der Waals surface area (Å²) in [7, 11) is 0. The van der Waals surface area contributed by atoms with E-state index in [9.17, 15) is 0 Å². The van der Waals surface area contributed by atoms with Gasteiger partial charge >= 0.3 is 0 Å². The van der Waals surface area contributed by atoms with Crippen molar-refractivity contribution in [2.24, 2.45) is 0 Å². The van der Waals surface area contributed by atoms with Gasteiger partial charge in [-0.15, -0.1) is 0 Å². The van der Waals surface area contributed by atoms with Crippen LogP contribution >= 0.6 is 0 Å². The molecule has 1 saturated carbocycles. The highest BCUT2D eigenvalue weighted by atomic mass is 15.0. The van der Waals surface area contributed by atoms with E-state index in [0.29, 0.717) is 17.6 Å². The van der Waals surface area contributed by atoms with Crippen LogP contribution in [0.15, 0.2) is 24.4 Å². The average molecular weight is 240 g/mol. The number of hydrogen-bond donors (Lipinski definition) is 1. The number of aryl methyl sites for hydroxylation is 1. The molecule has 0 saturated heterocycles. The highest BCUT2D eigenvalue weighted by molar-refractivity contribution is 5.57. The van der Waals surface area contributed by atoms with Crippen LogP contribution in [0.2, 0.25) is 0 Å². The van der Waals surface area contributed by atoms with E-state index < -0.39 is 0 Å². The maximum atomic E-state index is 5.87. The van der Waals surface area contributed by atoms with Crippen LogP contribution in [0.5, 0.6) is 0 Å². The minimum Gasteiger partial charge on any atom is -0.384 e. The molecule has 2 aromatic heterocycles. The van der Waals surface area contributed by atoms with Crippen molar-refractivity contribution in [3.63, 3.8) is 0 Å². The van der Waals surface area contributed by atoms with Crippen molar-refractivity contribution in [3.05, 3.63) is 35.7 Å². The number of hydrogen-bond acceptors (Lipinski definition) is 4. The summed E-state index contributed by atoms with van der Waals surface area (Å²) < 4.78 is 0. The molecular formula is C14H16N4. The summed E-state index contributed by atoms with van der Waals surface area (Å²) in [5.41, 5.74) is 8.95. The minimum atomic E-state index is 0.537. The molecule has 3 rings (SSSR count). The zero-order chi connectivity index (χ0) is 12.5. The van der Waals surface area contributed by atoms with Crippen molar-refractivity contribution >= 4 is 5.82 Å². The Morgan fingerprint density at radius 3 is 2.89 bits per heavy atom. The third kappa shape index (κ3) is 2.06. The number of anilines is 1. The maximum absolute atomic E-state index is 5.87. The summed E-state index contributed by atoms with van der Waals surface area (Å²) in [6.07, 6.45) is 5.11. The first-order chi connectivity index (χ1) is 8.78. The Labute approximate surface area is 106 Å². The van der Waals surface area contributed by atoms with Gasteiger partial charge < -0.3 is 5.73 Å². The molecule has 1 fully saturated rings. The topological polar surface area (TPSA) is 64.7 Å². The second-order valence-corrected chi connectivity index (χ2v) is 4.68. The van der Waals surface area contributed by atoms with Crippen molar-refractivity contribution in [1.29, 1.82) is 0 Å². The van der Waals surface area contributed by atoms with Crippen LogP contribution in [-0.2, 0) is 6.42 Å². The number of aromatic nitrogens is 3. The quantitative estimate of drug-likeness (QED) is 0.895. The second-order valence-electron chi connectivity index (χ2n) is 4.68. The maximum Gasteiger partial charge on any atom is 0.180 e. The van der Waals surface area contributed by atoms with Gasteiger partial charge in [0.2, 0.25) is 0 Å². The Bertz CT molecular complexity index is 576. The monoisotopic (exact) mass is 240 g/mol. The van der Waals surface area contributed by atoms with Crippen LogP contribution in [0.4, 0.5) is 5.82 Å². The fourth-order valence-electron chi connectivity index (χ4n) is 2.11. The first kappa shape index (κ1) is 11.1. The molecule has 1 aliphatic carbocycles. The summed E-state index contributed by atoms with van der Waals surface area (Å²) >= 11 is 0. The van der Waals surface area contributed by atoms with Crippen LogP contribution in [0.1, 0.15) is 36.9 Å². The first-order valence-electron chi connectivity index (χ1n) is 6.36. The average Bonchev–Trinajstić information content (AvgIpc) is 3.22. The molecule has 0 aliphatic heterocycles. The van der Waals surface area contributed by atoms with Gasteiger partial charge in [0.15, 0.2) is 5.82 Å². The molecule has 0 amide bonds. The highest BCUT2D eigenvalue weighted by Crippen LogP contribution is 2.39. The van der Waals surface area contributed by atoms with E-state index in [2.05, 4.69) is 27.9 Å². The van der Waals surface area contributed by atoms with Gasteiger partial charge in [-0.2, -0.15) is 0 Å².